The number of carbonyl (C=O) groups excluding carboxylic acids is 1. The molecule has 4 fully saturated rings. The summed E-state index contributed by atoms with van der Waals surface area (Å²) in [6.45, 7) is 2.05. The summed E-state index contributed by atoms with van der Waals surface area (Å²) in [4.78, 5) is 11.7. The Kier molecular flexibility index (Phi) is 2.69. The van der Waals surface area contributed by atoms with Gasteiger partial charge in [-0.25, -0.2) is 0 Å². The van der Waals surface area contributed by atoms with Crippen LogP contribution in [0, 0.1) is 17.8 Å². The lowest BCUT2D eigenvalue weighted by atomic mass is 9.53. The molecule has 0 aliphatic heterocycles. The lowest BCUT2D eigenvalue weighted by Gasteiger charge is -2.55. The number of nitrogens with two attached hydrogens (primary N) is 1. The quantitative estimate of drug-likeness (QED) is 0.744. The van der Waals surface area contributed by atoms with Gasteiger partial charge in [-0.15, -0.1) is 0 Å². The maximum Gasteiger partial charge on any atom is 0.277 e. The zero-order chi connectivity index (χ0) is 12.0. The van der Waals surface area contributed by atoms with Crippen molar-refractivity contribution in [1.29, 1.82) is 0 Å². The van der Waals surface area contributed by atoms with Gasteiger partial charge < -0.3 is 10.6 Å². The third kappa shape index (κ3) is 1.99. The Morgan fingerprint density at radius 2 is 1.65 bits per heavy atom. The van der Waals surface area contributed by atoms with Crippen molar-refractivity contribution in [3.05, 3.63) is 0 Å². The van der Waals surface area contributed by atoms with Crippen LogP contribution >= 0.6 is 0 Å². The topological polar surface area (TPSA) is 45.7 Å². The van der Waals surface area contributed by atoms with Crippen molar-refractivity contribution in [3.63, 3.8) is 0 Å². The molecule has 4 saturated carbocycles. The molecule has 0 spiro atoms. The fourth-order valence-corrected chi connectivity index (χ4v) is 5.22. The standard InChI is InChI=1S/C14H24N2O/c1-9(13(17)15-2)16-14-6-10-3-11(7-14)5-12(4-10)8-14/h9-12,16H,3-8H2,1-2H3,(H,15,17)/p+1/t9-,10?,11?,12?,14?/m1/s1. The number of nitrogens with one attached hydrogen (secondary N) is 1. The van der Waals surface area contributed by atoms with Crippen molar-refractivity contribution >= 4 is 5.91 Å². The van der Waals surface area contributed by atoms with Gasteiger partial charge in [-0.3, -0.25) is 4.79 Å². The largest absolute Gasteiger partial charge is 0.354 e. The molecular formula is C14H25N2O+. The molecule has 1 amide bonds. The Morgan fingerprint density at radius 1 is 1.18 bits per heavy atom. The Hall–Kier alpha value is -0.570. The molecule has 0 aromatic heterocycles. The highest BCUT2D eigenvalue weighted by molar-refractivity contribution is 5.79. The number of amides is 1. The van der Waals surface area contributed by atoms with Crippen molar-refractivity contribution in [2.24, 2.45) is 17.8 Å². The Morgan fingerprint density at radius 3 is 2.06 bits per heavy atom. The molecule has 4 bridgehead atoms. The van der Waals surface area contributed by atoms with Crippen LogP contribution in [0.4, 0.5) is 0 Å². The number of carbonyl (C=O) groups is 1. The Balaban J connectivity index is 1.72. The first-order valence-corrected chi connectivity index (χ1v) is 7.18. The molecular weight excluding hydrogens is 212 g/mol. The number of rotatable bonds is 3. The van der Waals surface area contributed by atoms with E-state index in [4.69, 9.17) is 0 Å². The molecule has 17 heavy (non-hydrogen) atoms. The van der Waals surface area contributed by atoms with Crippen LogP contribution in [0.1, 0.15) is 45.4 Å². The molecule has 4 aliphatic carbocycles. The van der Waals surface area contributed by atoms with Gasteiger partial charge in [0.15, 0.2) is 6.04 Å². The first kappa shape index (κ1) is 11.5. The van der Waals surface area contributed by atoms with Gasteiger partial charge >= 0.3 is 0 Å². The fraction of sp³-hybridized carbons (Fsp3) is 0.929. The van der Waals surface area contributed by atoms with E-state index in [1.165, 1.54) is 38.5 Å². The normalized spacial score (nSPS) is 44.7. The molecule has 3 heteroatoms. The first-order valence-electron chi connectivity index (χ1n) is 7.18. The van der Waals surface area contributed by atoms with E-state index in [2.05, 4.69) is 17.6 Å². The number of likely N-dealkylation sites (N-methyl/N-ethyl adjacent to an activating group) is 1. The third-order valence-corrected chi connectivity index (χ3v) is 5.35. The summed E-state index contributed by atoms with van der Waals surface area (Å²) in [5.74, 6) is 3.08. The third-order valence-electron chi connectivity index (χ3n) is 5.35. The minimum Gasteiger partial charge on any atom is -0.354 e. The summed E-state index contributed by atoms with van der Waals surface area (Å²) in [6, 6.07) is 0.0799. The zero-order valence-electron chi connectivity index (χ0n) is 11.0. The average Bonchev–Trinajstić information content (AvgIpc) is 2.25. The molecule has 3 nitrogen and oxygen atoms in total. The van der Waals surface area contributed by atoms with Gasteiger partial charge in [0.25, 0.3) is 5.91 Å². The highest BCUT2D eigenvalue weighted by atomic mass is 16.2. The van der Waals surface area contributed by atoms with Gasteiger partial charge in [-0.2, -0.15) is 0 Å². The van der Waals surface area contributed by atoms with E-state index < -0.39 is 0 Å². The maximum absolute atomic E-state index is 11.7. The molecule has 0 radical (unpaired) electrons. The summed E-state index contributed by atoms with van der Waals surface area (Å²) in [7, 11) is 1.74. The van der Waals surface area contributed by atoms with E-state index in [1.807, 2.05) is 0 Å². The molecule has 0 unspecified atom stereocenters. The number of hydrogen-bond donors (Lipinski definition) is 2. The van der Waals surface area contributed by atoms with Crippen LogP contribution in [0.25, 0.3) is 0 Å². The van der Waals surface area contributed by atoms with Gasteiger partial charge in [-0.05, 0) is 43.9 Å². The summed E-state index contributed by atoms with van der Waals surface area (Å²) in [6.07, 6.45) is 8.51. The number of hydrogen-bond acceptors (Lipinski definition) is 1. The Labute approximate surface area is 104 Å². The molecule has 0 saturated heterocycles. The van der Waals surface area contributed by atoms with E-state index >= 15 is 0 Å². The SMILES string of the molecule is CNC(=O)[C@@H](C)[NH2+]C12CC3CC(CC(C3)C1)C2. The minimum atomic E-state index is 0.0799. The zero-order valence-corrected chi connectivity index (χ0v) is 11.0. The van der Waals surface area contributed by atoms with Gasteiger partial charge in [0.2, 0.25) is 0 Å². The molecule has 3 N–H and O–H groups in total. The molecule has 4 rings (SSSR count). The van der Waals surface area contributed by atoms with Crippen LogP contribution in [0.15, 0.2) is 0 Å². The maximum atomic E-state index is 11.7. The van der Waals surface area contributed by atoms with Crippen LogP contribution in [0.5, 0.6) is 0 Å². The second-order valence-electron chi connectivity index (χ2n) is 6.85. The summed E-state index contributed by atoms with van der Waals surface area (Å²) >= 11 is 0. The number of quaternary nitrogens is 1. The lowest BCUT2D eigenvalue weighted by Crippen LogP contribution is -3.03. The lowest BCUT2D eigenvalue weighted by molar-refractivity contribution is -0.754. The van der Waals surface area contributed by atoms with E-state index in [0.717, 1.165) is 17.8 Å². The molecule has 0 heterocycles. The summed E-state index contributed by atoms with van der Waals surface area (Å²) in [5.41, 5.74) is 0.417. The second-order valence-corrected chi connectivity index (χ2v) is 6.85. The van der Waals surface area contributed by atoms with Gasteiger partial charge in [0.05, 0.1) is 5.54 Å². The van der Waals surface area contributed by atoms with Crippen molar-refractivity contribution in [1.82, 2.24) is 5.32 Å². The predicted molar refractivity (Wildman–Crippen MR) is 66.4 cm³/mol. The van der Waals surface area contributed by atoms with Crippen molar-refractivity contribution < 1.29 is 10.1 Å². The minimum absolute atomic E-state index is 0.0799. The second kappa shape index (κ2) is 3.98. The smallest absolute Gasteiger partial charge is 0.277 e. The molecule has 4 aliphatic rings. The van der Waals surface area contributed by atoms with Crippen LogP contribution in [-0.4, -0.2) is 24.5 Å². The Bertz CT molecular complexity index is 291. The monoisotopic (exact) mass is 237 g/mol. The molecule has 1 atom stereocenters. The highest BCUT2D eigenvalue weighted by Crippen LogP contribution is 2.54. The first-order chi connectivity index (χ1) is 8.10. The van der Waals surface area contributed by atoms with Crippen LogP contribution in [-0.2, 0) is 4.79 Å². The van der Waals surface area contributed by atoms with Gasteiger partial charge in [0.1, 0.15) is 0 Å². The van der Waals surface area contributed by atoms with Crippen molar-refractivity contribution in [2.75, 3.05) is 7.05 Å². The van der Waals surface area contributed by atoms with Gasteiger partial charge in [-0.1, -0.05) is 0 Å². The highest BCUT2D eigenvalue weighted by Gasteiger charge is 2.54. The van der Waals surface area contributed by atoms with Crippen LogP contribution < -0.4 is 10.6 Å². The van der Waals surface area contributed by atoms with Gasteiger partial charge in [0, 0.05) is 26.3 Å². The van der Waals surface area contributed by atoms with E-state index in [0.29, 0.717) is 5.54 Å². The van der Waals surface area contributed by atoms with Crippen LogP contribution in [0.3, 0.4) is 0 Å². The average molecular weight is 237 g/mol. The van der Waals surface area contributed by atoms with Crippen molar-refractivity contribution in [3.8, 4) is 0 Å². The van der Waals surface area contributed by atoms with Crippen molar-refractivity contribution in [2.45, 2.75) is 57.0 Å². The van der Waals surface area contributed by atoms with E-state index in [-0.39, 0.29) is 11.9 Å². The molecule has 96 valence electrons. The van der Waals surface area contributed by atoms with E-state index in [9.17, 15) is 4.79 Å². The van der Waals surface area contributed by atoms with Crippen LogP contribution in [0.2, 0.25) is 0 Å². The summed E-state index contributed by atoms with van der Waals surface area (Å²) < 4.78 is 0. The molecule has 0 aromatic carbocycles. The molecule has 0 aromatic rings. The predicted octanol–water partition coefficient (Wildman–Crippen LogP) is 0.653. The summed E-state index contributed by atoms with van der Waals surface area (Å²) in [5, 5.41) is 5.18. The van der Waals surface area contributed by atoms with E-state index in [1.54, 1.807) is 7.05 Å². The fourth-order valence-electron chi connectivity index (χ4n) is 5.22.